The van der Waals surface area contributed by atoms with E-state index in [0.29, 0.717) is 0 Å². The van der Waals surface area contributed by atoms with E-state index >= 15 is 0 Å². The molecule has 2 N–H and O–H groups in total. The Balaban J connectivity index is 2.28. The van der Waals surface area contributed by atoms with Crippen molar-refractivity contribution in [3.8, 4) is 0 Å². The van der Waals surface area contributed by atoms with Crippen molar-refractivity contribution in [2.24, 2.45) is 11.7 Å². The summed E-state index contributed by atoms with van der Waals surface area (Å²) in [7, 11) is -3.99. The molecule has 5 nitrogen and oxygen atoms in total. The van der Waals surface area contributed by atoms with Crippen LogP contribution in [0.15, 0.2) is 15.4 Å². The number of rotatable bonds is 3. The third kappa shape index (κ3) is 3.24. The Morgan fingerprint density at radius 3 is 2.67 bits per heavy atom. The second-order valence-electron chi connectivity index (χ2n) is 5.08. The van der Waals surface area contributed by atoms with Gasteiger partial charge in [-0.2, -0.15) is 17.5 Å². The number of nitrogens with zero attached hydrogens (tertiary/aromatic N) is 1. The third-order valence-corrected chi connectivity index (χ3v) is 5.56. The van der Waals surface area contributed by atoms with Gasteiger partial charge in [-0.15, -0.1) is 0 Å². The summed E-state index contributed by atoms with van der Waals surface area (Å²) >= 11 is 0. The smallest absolute Gasteiger partial charge is 0.393 e. The monoisotopic (exact) mass is 326 g/mol. The van der Waals surface area contributed by atoms with E-state index in [1.807, 2.05) is 0 Å². The number of hydrogen-bond acceptors (Lipinski definition) is 4. The summed E-state index contributed by atoms with van der Waals surface area (Å²) in [6.45, 7) is 1.02. The van der Waals surface area contributed by atoms with Gasteiger partial charge in [-0.05, 0) is 19.8 Å². The second-order valence-corrected chi connectivity index (χ2v) is 6.99. The summed E-state index contributed by atoms with van der Waals surface area (Å²) in [4.78, 5) is -0.106. The van der Waals surface area contributed by atoms with Gasteiger partial charge >= 0.3 is 6.18 Å². The maximum atomic E-state index is 12.8. The number of sulfonamides is 1. The molecular formula is C12H17F3N2O3S. The summed E-state index contributed by atoms with van der Waals surface area (Å²) in [6.07, 6.45) is -4.25. The van der Waals surface area contributed by atoms with E-state index in [4.69, 9.17) is 10.2 Å². The lowest BCUT2D eigenvalue weighted by Gasteiger charge is -2.32. The molecule has 0 radical (unpaired) electrons. The van der Waals surface area contributed by atoms with Gasteiger partial charge in [0.1, 0.15) is 16.4 Å². The molecule has 21 heavy (non-hydrogen) atoms. The molecule has 9 heteroatoms. The molecule has 0 amide bonds. The highest BCUT2D eigenvalue weighted by Gasteiger charge is 2.44. The van der Waals surface area contributed by atoms with Crippen LogP contribution in [0, 0.1) is 12.8 Å². The Labute approximate surface area is 120 Å². The van der Waals surface area contributed by atoms with Gasteiger partial charge < -0.3 is 10.2 Å². The van der Waals surface area contributed by atoms with Crippen LogP contribution < -0.4 is 5.73 Å². The van der Waals surface area contributed by atoms with E-state index in [-0.39, 0.29) is 42.3 Å². The minimum Gasteiger partial charge on any atom is -0.464 e. The number of nitrogens with two attached hydrogens (primary N) is 1. The molecule has 0 bridgehead atoms. The van der Waals surface area contributed by atoms with Crippen molar-refractivity contribution >= 4 is 10.0 Å². The number of piperidine rings is 1. The molecule has 1 aliphatic heterocycles. The highest BCUT2D eigenvalue weighted by atomic mass is 32.2. The van der Waals surface area contributed by atoms with Gasteiger partial charge in [0.25, 0.3) is 0 Å². The number of furan rings is 1. The van der Waals surface area contributed by atoms with E-state index in [0.717, 1.165) is 4.31 Å². The van der Waals surface area contributed by atoms with Crippen molar-refractivity contribution in [3.05, 3.63) is 17.6 Å². The zero-order valence-electron chi connectivity index (χ0n) is 11.5. The van der Waals surface area contributed by atoms with Gasteiger partial charge in [0.2, 0.25) is 10.0 Å². The van der Waals surface area contributed by atoms with E-state index in [2.05, 4.69) is 0 Å². The van der Waals surface area contributed by atoms with Crippen molar-refractivity contribution < 1.29 is 26.0 Å². The maximum Gasteiger partial charge on any atom is 0.393 e. The molecule has 1 aromatic rings. The molecule has 1 aliphatic rings. The van der Waals surface area contributed by atoms with Crippen LogP contribution in [-0.2, 0) is 16.6 Å². The van der Waals surface area contributed by atoms with Crippen molar-refractivity contribution in [3.63, 3.8) is 0 Å². The quantitative estimate of drug-likeness (QED) is 0.922. The first-order valence-electron chi connectivity index (χ1n) is 6.52. The van der Waals surface area contributed by atoms with Crippen LogP contribution in [0.3, 0.4) is 0 Å². The molecule has 0 spiro atoms. The number of aryl methyl sites for hydroxylation is 1. The summed E-state index contributed by atoms with van der Waals surface area (Å²) in [6, 6.07) is 1.28. The molecule has 2 heterocycles. The SMILES string of the molecule is Cc1oc(CN)cc1S(=O)(=O)N1CCCC(C(F)(F)F)C1. The number of alkyl halides is 3. The fraction of sp³-hybridized carbons (Fsp3) is 0.667. The van der Waals surface area contributed by atoms with Gasteiger partial charge in [-0.3, -0.25) is 0 Å². The Hall–Kier alpha value is -1.06. The lowest BCUT2D eigenvalue weighted by atomic mass is 9.99. The second kappa shape index (κ2) is 5.62. The van der Waals surface area contributed by atoms with E-state index in [1.54, 1.807) is 0 Å². The molecule has 2 rings (SSSR count). The molecular weight excluding hydrogens is 309 g/mol. The van der Waals surface area contributed by atoms with Gasteiger partial charge in [0, 0.05) is 19.2 Å². The maximum absolute atomic E-state index is 12.8. The number of hydrogen-bond donors (Lipinski definition) is 1. The highest BCUT2D eigenvalue weighted by Crippen LogP contribution is 2.35. The topological polar surface area (TPSA) is 76.5 Å². The number of halogens is 3. The van der Waals surface area contributed by atoms with Crippen LogP contribution in [0.5, 0.6) is 0 Å². The van der Waals surface area contributed by atoms with Gasteiger partial charge in [0.15, 0.2) is 0 Å². The van der Waals surface area contributed by atoms with Gasteiger partial charge in [-0.25, -0.2) is 8.42 Å². The largest absolute Gasteiger partial charge is 0.464 e. The van der Waals surface area contributed by atoms with Gasteiger partial charge in [0.05, 0.1) is 12.5 Å². The van der Waals surface area contributed by atoms with Crippen molar-refractivity contribution in [1.29, 1.82) is 0 Å². The first-order chi connectivity index (χ1) is 9.66. The molecule has 0 aliphatic carbocycles. The molecule has 1 aromatic heterocycles. The molecule has 0 saturated carbocycles. The van der Waals surface area contributed by atoms with Crippen LogP contribution >= 0.6 is 0 Å². The lowest BCUT2D eigenvalue weighted by Crippen LogP contribution is -2.44. The van der Waals surface area contributed by atoms with E-state index in [9.17, 15) is 21.6 Å². The molecule has 1 atom stereocenters. The highest BCUT2D eigenvalue weighted by molar-refractivity contribution is 7.89. The van der Waals surface area contributed by atoms with Crippen LogP contribution in [-0.4, -0.2) is 32.0 Å². The third-order valence-electron chi connectivity index (χ3n) is 3.59. The van der Waals surface area contributed by atoms with Gasteiger partial charge in [-0.1, -0.05) is 0 Å². The Kier molecular flexibility index (Phi) is 4.36. The molecule has 1 saturated heterocycles. The zero-order valence-corrected chi connectivity index (χ0v) is 12.3. The summed E-state index contributed by atoms with van der Waals surface area (Å²) in [5.41, 5.74) is 5.38. The lowest BCUT2D eigenvalue weighted by molar-refractivity contribution is -0.182. The normalized spacial score (nSPS) is 21.7. The minimum atomic E-state index is -4.39. The van der Waals surface area contributed by atoms with Crippen molar-refractivity contribution in [1.82, 2.24) is 4.31 Å². The fourth-order valence-corrected chi connectivity index (χ4v) is 4.16. The molecule has 0 aromatic carbocycles. The Bertz CT molecular complexity index is 610. The van der Waals surface area contributed by atoms with Crippen LogP contribution in [0.4, 0.5) is 13.2 Å². The van der Waals surface area contributed by atoms with Crippen molar-refractivity contribution in [2.45, 2.75) is 37.4 Å². The molecule has 1 unspecified atom stereocenters. The summed E-state index contributed by atoms with van der Waals surface area (Å²) in [5, 5.41) is 0. The van der Waals surface area contributed by atoms with Crippen molar-refractivity contribution in [2.75, 3.05) is 13.1 Å². The van der Waals surface area contributed by atoms with Crippen LogP contribution in [0.1, 0.15) is 24.4 Å². The average Bonchev–Trinajstić information content (AvgIpc) is 2.80. The first-order valence-corrected chi connectivity index (χ1v) is 7.96. The zero-order chi connectivity index (χ0) is 15.8. The van der Waals surface area contributed by atoms with Crippen LogP contribution in [0.2, 0.25) is 0 Å². The van der Waals surface area contributed by atoms with E-state index < -0.39 is 28.7 Å². The van der Waals surface area contributed by atoms with E-state index in [1.165, 1.54) is 13.0 Å². The first kappa shape index (κ1) is 16.3. The average molecular weight is 326 g/mol. The summed E-state index contributed by atoms with van der Waals surface area (Å²) < 4.78 is 69.4. The Morgan fingerprint density at radius 1 is 1.48 bits per heavy atom. The van der Waals surface area contributed by atoms with Crippen LogP contribution in [0.25, 0.3) is 0 Å². The molecule has 1 fully saturated rings. The predicted octanol–water partition coefficient (Wildman–Crippen LogP) is 2.01. The Morgan fingerprint density at radius 2 is 2.14 bits per heavy atom. The standard InChI is InChI=1S/C12H17F3N2O3S/c1-8-11(5-10(6-16)20-8)21(18,19)17-4-2-3-9(7-17)12(13,14)15/h5,9H,2-4,6-7,16H2,1H3. The summed E-state index contributed by atoms with van der Waals surface area (Å²) in [5.74, 6) is -1.19. The molecule has 120 valence electrons. The predicted molar refractivity (Wildman–Crippen MR) is 68.9 cm³/mol. The fourth-order valence-electron chi connectivity index (χ4n) is 2.45. The minimum absolute atomic E-state index is 0.0293.